The van der Waals surface area contributed by atoms with E-state index in [1.54, 1.807) is 18.2 Å². The Bertz CT molecular complexity index is 377. The zero-order chi connectivity index (χ0) is 10.7. The number of hydrogen-bond acceptors (Lipinski definition) is 2. The molecule has 0 saturated carbocycles. The van der Waals surface area contributed by atoms with Gasteiger partial charge in [-0.1, -0.05) is 44.0 Å². The Balaban J connectivity index is 3.06. The predicted molar refractivity (Wildman–Crippen MR) is 60.9 cm³/mol. The molecule has 0 unspecified atom stereocenters. The number of Topliss-reactive ketones (excluding diaryl/α,β-unsaturated/α-hetero) is 1. The van der Waals surface area contributed by atoms with Crippen LogP contribution in [-0.2, 0) is 0 Å². The third-order valence-electron chi connectivity index (χ3n) is 1.63. The van der Waals surface area contributed by atoms with E-state index in [-0.39, 0.29) is 5.78 Å². The van der Waals surface area contributed by atoms with Crippen LogP contribution in [0.5, 0.6) is 0 Å². The standard InChI is InChI=1S/C9H7Br2NO2/c10-8(11)7(13)5-2-1-3-6(4-5)9(12)14/h1-4,8H,(H2,12,14). The highest BCUT2D eigenvalue weighted by atomic mass is 79.9. The molecule has 0 saturated heterocycles. The number of carbonyl (C=O) groups is 2. The second-order valence-electron chi connectivity index (χ2n) is 2.61. The van der Waals surface area contributed by atoms with Crippen molar-refractivity contribution in [2.24, 2.45) is 5.73 Å². The van der Waals surface area contributed by atoms with Crippen LogP contribution in [0.2, 0.25) is 0 Å². The Morgan fingerprint density at radius 2 is 1.79 bits per heavy atom. The number of hydrogen-bond donors (Lipinski definition) is 1. The van der Waals surface area contributed by atoms with Crippen LogP contribution in [-0.4, -0.2) is 15.4 Å². The fraction of sp³-hybridized carbons (Fsp3) is 0.111. The van der Waals surface area contributed by atoms with E-state index in [1.807, 2.05) is 0 Å². The lowest BCUT2D eigenvalue weighted by molar-refractivity contribution is 0.1000. The van der Waals surface area contributed by atoms with E-state index in [4.69, 9.17) is 5.73 Å². The predicted octanol–water partition coefficient (Wildman–Crippen LogP) is 2.08. The first-order valence-electron chi connectivity index (χ1n) is 3.74. The van der Waals surface area contributed by atoms with Crippen LogP contribution in [0, 0.1) is 0 Å². The molecule has 1 aromatic rings. The van der Waals surface area contributed by atoms with Crippen LogP contribution in [0.1, 0.15) is 20.7 Å². The molecule has 2 N–H and O–H groups in total. The molecule has 0 aliphatic heterocycles. The number of halogens is 2. The molecule has 0 fully saturated rings. The van der Waals surface area contributed by atoms with Crippen molar-refractivity contribution in [3.8, 4) is 0 Å². The van der Waals surface area contributed by atoms with Crippen molar-refractivity contribution in [3.63, 3.8) is 0 Å². The summed E-state index contributed by atoms with van der Waals surface area (Å²) >= 11 is 6.18. The molecule has 74 valence electrons. The molecular weight excluding hydrogens is 314 g/mol. The summed E-state index contributed by atoms with van der Waals surface area (Å²) in [5.41, 5.74) is 5.86. The fourth-order valence-electron chi connectivity index (χ4n) is 0.952. The monoisotopic (exact) mass is 319 g/mol. The average molecular weight is 321 g/mol. The fourth-order valence-corrected chi connectivity index (χ4v) is 1.48. The van der Waals surface area contributed by atoms with Gasteiger partial charge in [0, 0.05) is 11.1 Å². The zero-order valence-corrected chi connectivity index (χ0v) is 10.2. The first-order chi connectivity index (χ1) is 6.52. The van der Waals surface area contributed by atoms with Gasteiger partial charge in [-0.05, 0) is 12.1 Å². The van der Waals surface area contributed by atoms with E-state index in [2.05, 4.69) is 31.9 Å². The minimum Gasteiger partial charge on any atom is -0.366 e. The maximum atomic E-state index is 11.5. The van der Waals surface area contributed by atoms with E-state index < -0.39 is 9.64 Å². The van der Waals surface area contributed by atoms with Gasteiger partial charge in [0.2, 0.25) is 5.91 Å². The van der Waals surface area contributed by atoms with Crippen molar-refractivity contribution in [2.75, 3.05) is 0 Å². The van der Waals surface area contributed by atoms with Crippen LogP contribution in [0.3, 0.4) is 0 Å². The maximum Gasteiger partial charge on any atom is 0.248 e. The highest BCUT2D eigenvalue weighted by Gasteiger charge is 2.14. The maximum absolute atomic E-state index is 11.5. The SMILES string of the molecule is NC(=O)c1cccc(C(=O)C(Br)Br)c1. The number of nitrogens with two attached hydrogens (primary N) is 1. The normalized spacial score (nSPS) is 10.2. The largest absolute Gasteiger partial charge is 0.366 e. The lowest BCUT2D eigenvalue weighted by Gasteiger charge is -2.02. The summed E-state index contributed by atoms with van der Waals surface area (Å²) in [6.07, 6.45) is 0. The highest BCUT2D eigenvalue weighted by Crippen LogP contribution is 2.16. The Hall–Kier alpha value is -0.680. The van der Waals surface area contributed by atoms with Gasteiger partial charge in [0.25, 0.3) is 0 Å². The van der Waals surface area contributed by atoms with Gasteiger partial charge in [0.15, 0.2) is 5.78 Å². The van der Waals surface area contributed by atoms with Crippen LogP contribution >= 0.6 is 31.9 Å². The molecular formula is C9H7Br2NO2. The third kappa shape index (κ3) is 2.65. The quantitative estimate of drug-likeness (QED) is 0.684. The molecule has 0 aliphatic rings. The van der Waals surface area contributed by atoms with Crippen LogP contribution < -0.4 is 5.73 Å². The van der Waals surface area contributed by atoms with Gasteiger partial charge < -0.3 is 5.73 Å². The number of amides is 1. The van der Waals surface area contributed by atoms with Crippen LogP contribution in [0.4, 0.5) is 0 Å². The third-order valence-corrected chi connectivity index (χ3v) is 2.46. The summed E-state index contributed by atoms with van der Waals surface area (Å²) in [6, 6.07) is 6.29. The van der Waals surface area contributed by atoms with E-state index in [0.29, 0.717) is 11.1 Å². The molecule has 0 atom stereocenters. The molecule has 0 spiro atoms. The molecule has 1 amide bonds. The second-order valence-corrected chi connectivity index (χ2v) is 5.67. The summed E-state index contributed by atoms with van der Waals surface area (Å²) in [5.74, 6) is -0.687. The minimum absolute atomic E-state index is 0.145. The summed E-state index contributed by atoms with van der Waals surface area (Å²) in [6.45, 7) is 0. The molecule has 0 heterocycles. The molecule has 1 aromatic carbocycles. The molecule has 0 aliphatic carbocycles. The van der Waals surface area contributed by atoms with Crippen LogP contribution in [0.25, 0.3) is 0 Å². The molecule has 0 bridgehead atoms. The van der Waals surface area contributed by atoms with E-state index >= 15 is 0 Å². The van der Waals surface area contributed by atoms with E-state index in [1.165, 1.54) is 6.07 Å². The zero-order valence-electron chi connectivity index (χ0n) is 7.04. The summed E-state index contributed by atoms with van der Waals surface area (Å²) in [7, 11) is 0. The molecule has 0 aromatic heterocycles. The van der Waals surface area contributed by atoms with Gasteiger partial charge in [0.05, 0.1) is 0 Å². The van der Waals surface area contributed by atoms with Gasteiger partial charge >= 0.3 is 0 Å². The number of benzene rings is 1. The lowest BCUT2D eigenvalue weighted by Crippen LogP contribution is -2.13. The first kappa shape index (κ1) is 11.4. The molecule has 3 nitrogen and oxygen atoms in total. The average Bonchev–Trinajstić information content (AvgIpc) is 2.16. The number of primary amides is 1. The summed E-state index contributed by atoms with van der Waals surface area (Å²) in [5, 5.41) is 0. The van der Waals surface area contributed by atoms with Crippen molar-refractivity contribution in [1.29, 1.82) is 0 Å². The van der Waals surface area contributed by atoms with Gasteiger partial charge in [-0.25, -0.2) is 0 Å². The van der Waals surface area contributed by atoms with Gasteiger partial charge in [-0.15, -0.1) is 0 Å². The van der Waals surface area contributed by atoms with E-state index in [0.717, 1.165) is 0 Å². The van der Waals surface area contributed by atoms with Gasteiger partial charge in [-0.3, -0.25) is 9.59 Å². The number of carbonyl (C=O) groups excluding carboxylic acids is 2. The van der Waals surface area contributed by atoms with Crippen molar-refractivity contribution < 1.29 is 9.59 Å². The lowest BCUT2D eigenvalue weighted by atomic mass is 10.1. The molecule has 5 heteroatoms. The number of alkyl halides is 2. The van der Waals surface area contributed by atoms with Crippen molar-refractivity contribution >= 4 is 43.6 Å². The Morgan fingerprint density at radius 3 is 2.29 bits per heavy atom. The smallest absolute Gasteiger partial charge is 0.248 e. The first-order valence-corrected chi connectivity index (χ1v) is 5.57. The second kappa shape index (κ2) is 4.70. The molecule has 0 radical (unpaired) electrons. The summed E-state index contributed by atoms with van der Waals surface area (Å²) < 4.78 is -0.446. The Morgan fingerprint density at radius 1 is 1.21 bits per heavy atom. The van der Waals surface area contributed by atoms with Crippen molar-refractivity contribution in [1.82, 2.24) is 0 Å². The summed E-state index contributed by atoms with van der Waals surface area (Å²) in [4.78, 5) is 22.3. The minimum atomic E-state index is -0.541. The van der Waals surface area contributed by atoms with Crippen molar-refractivity contribution in [3.05, 3.63) is 35.4 Å². The Labute approximate surface area is 97.9 Å². The van der Waals surface area contributed by atoms with Gasteiger partial charge in [0.1, 0.15) is 3.74 Å². The number of ketones is 1. The molecule has 1 rings (SSSR count). The number of rotatable bonds is 3. The van der Waals surface area contributed by atoms with Gasteiger partial charge in [-0.2, -0.15) is 0 Å². The Kier molecular flexibility index (Phi) is 3.83. The highest BCUT2D eigenvalue weighted by molar-refractivity contribution is 9.25. The van der Waals surface area contributed by atoms with Crippen molar-refractivity contribution in [2.45, 2.75) is 3.74 Å². The molecule has 14 heavy (non-hydrogen) atoms. The topological polar surface area (TPSA) is 60.2 Å². The van der Waals surface area contributed by atoms with Crippen LogP contribution in [0.15, 0.2) is 24.3 Å². The van der Waals surface area contributed by atoms with E-state index in [9.17, 15) is 9.59 Å².